The molecule has 0 saturated heterocycles. The topological polar surface area (TPSA) is 94.0 Å². The molecule has 0 bridgehead atoms. The molecule has 8 heteroatoms. The molecule has 202 valence electrons. The van der Waals surface area contributed by atoms with E-state index in [0.717, 1.165) is 41.0 Å². The van der Waals surface area contributed by atoms with Gasteiger partial charge in [0, 0.05) is 17.2 Å². The smallest absolute Gasteiger partial charge is 0.336 e. The predicted octanol–water partition coefficient (Wildman–Crippen LogP) is 5.29. The summed E-state index contributed by atoms with van der Waals surface area (Å²) in [4.78, 5) is 31.4. The van der Waals surface area contributed by atoms with Gasteiger partial charge in [0.2, 0.25) is 0 Å². The number of allylic oxidation sites excluding steroid dienone is 1. The summed E-state index contributed by atoms with van der Waals surface area (Å²) in [6.07, 6.45) is 3.40. The van der Waals surface area contributed by atoms with Crippen LogP contribution in [-0.2, 0) is 6.42 Å². The van der Waals surface area contributed by atoms with E-state index in [-0.39, 0.29) is 17.2 Å². The lowest BCUT2D eigenvalue weighted by Gasteiger charge is -2.30. The highest BCUT2D eigenvalue weighted by Crippen LogP contribution is 2.41. The molecule has 7 rings (SSSR count). The van der Waals surface area contributed by atoms with Gasteiger partial charge in [-0.1, -0.05) is 65.9 Å². The molecule has 7 nitrogen and oxygen atoms in total. The summed E-state index contributed by atoms with van der Waals surface area (Å²) in [5.41, 5.74) is 5.90. The van der Waals surface area contributed by atoms with E-state index in [4.69, 9.17) is 14.1 Å². The second kappa shape index (κ2) is 9.91. The number of furan rings is 1. The maximum Gasteiger partial charge on any atom is 0.336 e. The lowest BCUT2D eigenvalue weighted by Crippen LogP contribution is -2.38. The number of nitrogens with zero attached hydrogens (tertiary/aromatic N) is 2. The number of fused-ring (bicyclic) bond motifs is 3. The van der Waals surface area contributed by atoms with Crippen molar-refractivity contribution in [2.45, 2.75) is 18.9 Å². The summed E-state index contributed by atoms with van der Waals surface area (Å²) in [6.45, 7) is 0. The van der Waals surface area contributed by atoms with Crippen LogP contribution in [0, 0.1) is 0 Å². The molecule has 0 spiro atoms. The Hall–Kier alpha value is -4.95. The van der Waals surface area contributed by atoms with E-state index in [0.29, 0.717) is 26.4 Å². The number of hydrogen-bond acceptors (Lipinski definition) is 6. The lowest BCUT2D eigenvalue weighted by molar-refractivity contribution is 0.0697. The van der Waals surface area contributed by atoms with Gasteiger partial charge >= 0.3 is 5.97 Å². The minimum Gasteiger partial charge on any atom is -0.497 e. The zero-order chi connectivity index (χ0) is 28.1. The number of benzene rings is 3. The number of aryl methyl sites for hydroxylation is 1. The zero-order valence-corrected chi connectivity index (χ0v) is 22.9. The van der Waals surface area contributed by atoms with Gasteiger partial charge in [0.05, 0.1) is 28.9 Å². The summed E-state index contributed by atoms with van der Waals surface area (Å²) in [6, 6.07) is 26.0. The average Bonchev–Trinajstić information content (AvgIpc) is 3.60. The van der Waals surface area contributed by atoms with Crippen molar-refractivity contribution in [3.05, 3.63) is 138 Å². The van der Waals surface area contributed by atoms with Crippen molar-refractivity contribution in [3.8, 4) is 17.1 Å². The third kappa shape index (κ3) is 4.24. The zero-order valence-electron chi connectivity index (χ0n) is 22.0. The Labute approximate surface area is 238 Å². The predicted molar refractivity (Wildman–Crippen MR) is 157 cm³/mol. The van der Waals surface area contributed by atoms with Crippen LogP contribution in [0.4, 0.5) is 0 Å². The standard InChI is InChI=1S/C33H24N2O5S/c1-39-21-13-10-20(11-14-21)30-26-16-12-19-6-2-3-7-23(19)29(26)34-33-35(30)31(36)28(41-33)18-22-15-17-27(40-22)24-8-4-5-9-25(24)32(37)38/h2-11,13-15,17-18,30H,12,16H2,1H3,(H,37,38)/b28-18+/t30-/m1/s1. The van der Waals surface area contributed by atoms with Crippen LogP contribution in [-0.4, -0.2) is 22.8 Å². The van der Waals surface area contributed by atoms with Crippen LogP contribution in [0.25, 0.3) is 23.1 Å². The Morgan fingerprint density at radius 3 is 2.54 bits per heavy atom. The normalized spacial score (nSPS) is 16.0. The Morgan fingerprint density at radius 1 is 1.00 bits per heavy atom. The molecule has 2 aliphatic rings. The van der Waals surface area contributed by atoms with Crippen molar-refractivity contribution in [1.82, 2.24) is 4.57 Å². The molecule has 0 fully saturated rings. The summed E-state index contributed by atoms with van der Waals surface area (Å²) in [5, 5.41) is 9.58. The van der Waals surface area contributed by atoms with Crippen LogP contribution < -0.4 is 19.6 Å². The number of carboxylic acids is 1. The van der Waals surface area contributed by atoms with Crippen LogP contribution in [0.15, 0.2) is 105 Å². The number of aromatic nitrogens is 1. The second-order valence-electron chi connectivity index (χ2n) is 9.94. The molecule has 1 aliphatic carbocycles. The van der Waals surface area contributed by atoms with Crippen molar-refractivity contribution < 1.29 is 19.1 Å². The van der Waals surface area contributed by atoms with E-state index in [1.165, 1.54) is 23.0 Å². The fourth-order valence-electron chi connectivity index (χ4n) is 5.70. The van der Waals surface area contributed by atoms with Crippen LogP contribution in [0.5, 0.6) is 5.75 Å². The first-order valence-electron chi connectivity index (χ1n) is 13.2. The van der Waals surface area contributed by atoms with Crippen molar-refractivity contribution in [3.63, 3.8) is 0 Å². The fraction of sp³-hybridized carbons (Fsp3) is 0.121. The molecule has 0 radical (unpaired) electrons. The van der Waals surface area contributed by atoms with Crippen molar-refractivity contribution in [2.24, 2.45) is 4.99 Å². The maximum absolute atomic E-state index is 14.0. The van der Waals surface area contributed by atoms with E-state index in [1.807, 2.05) is 30.3 Å². The highest BCUT2D eigenvalue weighted by Gasteiger charge is 2.32. The number of aromatic carboxylic acids is 1. The third-order valence-electron chi connectivity index (χ3n) is 7.63. The minimum atomic E-state index is -1.03. The summed E-state index contributed by atoms with van der Waals surface area (Å²) < 4.78 is 13.7. The molecule has 0 unspecified atom stereocenters. The number of ether oxygens (including phenoxy) is 1. The monoisotopic (exact) mass is 560 g/mol. The number of hydrogen-bond donors (Lipinski definition) is 1. The van der Waals surface area contributed by atoms with Crippen molar-refractivity contribution >= 4 is 29.1 Å². The van der Waals surface area contributed by atoms with Gasteiger partial charge < -0.3 is 14.3 Å². The van der Waals surface area contributed by atoms with E-state index in [9.17, 15) is 14.7 Å². The van der Waals surface area contributed by atoms with Crippen LogP contribution >= 0.6 is 11.3 Å². The number of carbonyl (C=O) groups is 1. The van der Waals surface area contributed by atoms with Gasteiger partial charge in [0.15, 0.2) is 4.80 Å². The van der Waals surface area contributed by atoms with E-state index >= 15 is 0 Å². The van der Waals surface area contributed by atoms with Crippen LogP contribution in [0.3, 0.4) is 0 Å². The number of rotatable bonds is 5. The molecule has 41 heavy (non-hydrogen) atoms. The molecule has 5 aromatic rings. The molecule has 3 aromatic carbocycles. The highest BCUT2D eigenvalue weighted by molar-refractivity contribution is 7.07. The first-order chi connectivity index (χ1) is 20.0. The molecule has 0 amide bonds. The van der Waals surface area contributed by atoms with Crippen molar-refractivity contribution in [1.29, 1.82) is 0 Å². The molecule has 3 heterocycles. The number of methoxy groups -OCH3 is 1. The first-order valence-corrected chi connectivity index (χ1v) is 14.0. The summed E-state index contributed by atoms with van der Waals surface area (Å²) in [5.74, 6) is 0.601. The van der Waals surface area contributed by atoms with E-state index < -0.39 is 5.97 Å². The van der Waals surface area contributed by atoms with Gasteiger partial charge in [-0.15, -0.1) is 0 Å². The Morgan fingerprint density at radius 2 is 1.76 bits per heavy atom. The lowest BCUT2D eigenvalue weighted by atomic mass is 9.83. The Balaban J connectivity index is 1.39. The molecule has 1 aliphatic heterocycles. The minimum absolute atomic E-state index is 0.149. The quantitative estimate of drug-likeness (QED) is 0.316. The molecular weight excluding hydrogens is 536 g/mol. The molecule has 2 aromatic heterocycles. The largest absolute Gasteiger partial charge is 0.497 e. The number of thiazole rings is 1. The SMILES string of the molecule is COc1ccc([C@@H]2C3=C(N=c4s/c(=C/c5ccc(-c6ccccc6C(=O)O)o5)c(=O)n42)c2ccccc2CC3)cc1. The van der Waals surface area contributed by atoms with E-state index in [1.54, 1.807) is 48.1 Å². The first kappa shape index (κ1) is 25.0. The molecule has 1 atom stereocenters. The summed E-state index contributed by atoms with van der Waals surface area (Å²) in [7, 11) is 1.64. The van der Waals surface area contributed by atoms with Crippen LogP contribution in [0.1, 0.15) is 45.3 Å². The highest BCUT2D eigenvalue weighted by atomic mass is 32.1. The van der Waals surface area contributed by atoms with Crippen molar-refractivity contribution in [2.75, 3.05) is 7.11 Å². The van der Waals surface area contributed by atoms with Gasteiger partial charge in [-0.2, -0.15) is 0 Å². The Kier molecular flexibility index (Phi) is 6.05. The van der Waals surface area contributed by atoms with Crippen LogP contribution in [0.2, 0.25) is 0 Å². The second-order valence-corrected chi connectivity index (χ2v) is 10.9. The molecule has 1 N–H and O–H groups in total. The van der Waals surface area contributed by atoms with Gasteiger partial charge in [-0.25, -0.2) is 9.79 Å². The Bertz CT molecular complexity index is 2050. The summed E-state index contributed by atoms with van der Waals surface area (Å²) >= 11 is 1.32. The average molecular weight is 561 g/mol. The molecule has 0 saturated carbocycles. The van der Waals surface area contributed by atoms with Gasteiger partial charge in [0.1, 0.15) is 17.3 Å². The maximum atomic E-state index is 14.0. The fourth-order valence-corrected chi connectivity index (χ4v) is 6.68. The number of carboxylic acid groups (broad SMARTS) is 1. The van der Waals surface area contributed by atoms with E-state index in [2.05, 4.69) is 18.2 Å². The molecular formula is C33H24N2O5S. The van der Waals surface area contributed by atoms with Gasteiger partial charge in [-0.05, 0) is 59.9 Å². The van der Waals surface area contributed by atoms with Gasteiger partial charge in [0.25, 0.3) is 5.56 Å². The van der Waals surface area contributed by atoms with Gasteiger partial charge in [-0.3, -0.25) is 9.36 Å². The third-order valence-corrected chi connectivity index (χ3v) is 8.61.